The van der Waals surface area contributed by atoms with E-state index in [2.05, 4.69) is 40.7 Å². The van der Waals surface area contributed by atoms with E-state index in [1.54, 1.807) is 18.3 Å². The molecule has 1 aliphatic heterocycles. The van der Waals surface area contributed by atoms with Gasteiger partial charge in [-0.05, 0) is 24.5 Å². The quantitative estimate of drug-likeness (QED) is 0.471. The zero-order valence-corrected chi connectivity index (χ0v) is 17.4. The van der Waals surface area contributed by atoms with Crippen LogP contribution in [0.2, 0.25) is 0 Å². The zero-order chi connectivity index (χ0) is 21.7. The number of nitrogens with one attached hydrogen (secondary N) is 1. The Kier molecular flexibility index (Phi) is 4.57. The Bertz CT molecular complexity index is 1310. The van der Waals surface area contributed by atoms with E-state index < -0.39 is 11.6 Å². The van der Waals surface area contributed by atoms with Gasteiger partial charge in [-0.1, -0.05) is 20.4 Å². The van der Waals surface area contributed by atoms with Crippen molar-refractivity contribution >= 4 is 22.4 Å². The maximum atomic E-state index is 15.3. The largest absolute Gasteiger partial charge is 0.324 e. The number of rotatable bonds is 5. The number of aromatic amines is 1. The summed E-state index contributed by atoms with van der Waals surface area (Å²) in [4.78, 5) is 5.89. The van der Waals surface area contributed by atoms with Crippen LogP contribution in [-0.4, -0.2) is 31.5 Å². The van der Waals surface area contributed by atoms with E-state index in [9.17, 15) is 4.39 Å². The van der Waals surface area contributed by atoms with Crippen molar-refractivity contribution in [3.05, 3.63) is 66.1 Å². The topological polar surface area (TPSA) is 62.6 Å². The number of H-pyrrole nitrogens is 1. The average molecular weight is 422 g/mol. The normalized spacial score (nSPS) is 14.3. The third kappa shape index (κ3) is 2.93. The van der Waals surface area contributed by atoms with Crippen LogP contribution >= 0.6 is 0 Å². The summed E-state index contributed by atoms with van der Waals surface area (Å²) in [5, 5.41) is 12.1. The van der Waals surface area contributed by atoms with Crippen LogP contribution in [0.4, 0.5) is 14.6 Å². The summed E-state index contributed by atoms with van der Waals surface area (Å²) in [6.45, 7) is 9.45. The van der Waals surface area contributed by atoms with Crippen LogP contribution in [0.3, 0.4) is 0 Å². The molecular weight excluding hydrogens is 398 g/mol. The van der Waals surface area contributed by atoms with Gasteiger partial charge in [0.1, 0.15) is 17.5 Å². The number of fused-ring (bicyclic) bond motifs is 2. The van der Waals surface area contributed by atoms with Gasteiger partial charge in [0.15, 0.2) is 0 Å². The molecule has 0 radical (unpaired) electrons. The SMILES string of the molecule is C=C(c1c(F)cc2ncccc2c1F)N1CCn2ncc(-c3[nH]ncc3C(C)CC)c21.[HH]. The molecule has 0 amide bonds. The maximum Gasteiger partial charge on any atom is 0.144 e. The molecule has 4 heterocycles. The molecule has 0 aliphatic carbocycles. The summed E-state index contributed by atoms with van der Waals surface area (Å²) >= 11 is 0. The van der Waals surface area contributed by atoms with E-state index in [0.717, 1.165) is 29.1 Å². The third-order valence-electron chi connectivity index (χ3n) is 6.10. The van der Waals surface area contributed by atoms with Gasteiger partial charge in [-0.15, -0.1) is 0 Å². The molecule has 1 N–H and O–H groups in total. The van der Waals surface area contributed by atoms with Crippen LogP contribution < -0.4 is 4.90 Å². The molecular formula is C23H24F2N6. The van der Waals surface area contributed by atoms with Gasteiger partial charge in [-0.2, -0.15) is 10.2 Å². The summed E-state index contributed by atoms with van der Waals surface area (Å²) in [5.41, 5.74) is 3.19. The van der Waals surface area contributed by atoms with Crippen LogP contribution in [0.15, 0.2) is 43.4 Å². The Morgan fingerprint density at radius 1 is 1.32 bits per heavy atom. The Hall–Kier alpha value is -3.55. The highest BCUT2D eigenvalue weighted by Crippen LogP contribution is 2.41. The van der Waals surface area contributed by atoms with E-state index in [0.29, 0.717) is 19.0 Å². The molecule has 0 saturated carbocycles. The number of pyridine rings is 1. The van der Waals surface area contributed by atoms with E-state index in [1.165, 1.54) is 12.3 Å². The molecule has 5 rings (SSSR count). The number of hydrogen-bond donors (Lipinski definition) is 1. The molecule has 8 heteroatoms. The first-order valence-electron chi connectivity index (χ1n) is 10.3. The van der Waals surface area contributed by atoms with Crippen molar-refractivity contribution < 1.29 is 10.2 Å². The standard InChI is InChI=1S/C23H22F2N6.H2/c1-4-13(2)16-11-27-29-22(16)17-12-28-31-9-8-30(23(17)31)14(3)20-18(24)10-19-15(21(20)25)6-5-7-26-19;/h5-7,10-13H,3-4,8-9H2,1-2H3,(H,27,29);1H. The van der Waals surface area contributed by atoms with Crippen LogP contribution in [0.1, 0.15) is 38.7 Å². The van der Waals surface area contributed by atoms with Crippen molar-refractivity contribution in [2.24, 2.45) is 0 Å². The Balaban J connectivity index is 0.00000245. The summed E-state index contributed by atoms with van der Waals surface area (Å²) in [6.07, 6.45) is 6.08. The van der Waals surface area contributed by atoms with Gasteiger partial charge in [-0.25, -0.2) is 13.5 Å². The highest BCUT2D eigenvalue weighted by atomic mass is 19.1. The lowest BCUT2D eigenvalue weighted by Crippen LogP contribution is -2.20. The van der Waals surface area contributed by atoms with E-state index in [-0.39, 0.29) is 23.6 Å². The number of nitrogens with zero attached hydrogens (tertiary/aromatic N) is 5. The number of aromatic nitrogens is 5. The smallest absolute Gasteiger partial charge is 0.144 e. The second-order valence-electron chi connectivity index (χ2n) is 7.83. The van der Waals surface area contributed by atoms with Crippen molar-refractivity contribution in [2.75, 3.05) is 11.4 Å². The minimum absolute atomic E-state index is 0. The molecule has 0 fully saturated rings. The fraction of sp³-hybridized carbons (Fsp3) is 0.261. The van der Waals surface area contributed by atoms with E-state index in [4.69, 9.17) is 0 Å². The molecule has 1 unspecified atom stereocenters. The summed E-state index contributed by atoms with van der Waals surface area (Å²) in [6, 6.07) is 4.48. The average Bonchev–Trinajstić information content (AvgIpc) is 3.49. The maximum absolute atomic E-state index is 15.3. The lowest BCUT2D eigenvalue weighted by Gasteiger charge is -2.23. The van der Waals surface area contributed by atoms with Crippen molar-refractivity contribution in [1.82, 2.24) is 25.0 Å². The highest BCUT2D eigenvalue weighted by molar-refractivity contribution is 5.90. The van der Waals surface area contributed by atoms with Crippen molar-refractivity contribution in [3.8, 4) is 11.3 Å². The third-order valence-corrected chi connectivity index (χ3v) is 6.10. The van der Waals surface area contributed by atoms with Gasteiger partial charge < -0.3 is 4.90 Å². The van der Waals surface area contributed by atoms with Gasteiger partial charge in [0, 0.05) is 36.9 Å². The van der Waals surface area contributed by atoms with Crippen molar-refractivity contribution in [1.29, 1.82) is 0 Å². The predicted octanol–water partition coefficient (Wildman–Crippen LogP) is 5.35. The van der Waals surface area contributed by atoms with Crippen molar-refractivity contribution in [2.45, 2.75) is 32.7 Å². The molecule has 0 bridgehead atoms. The molecule has 6 nitrogen and oxygen atoms in total. The van der Waals surface area contributed by atoms with Gasteiger partial charge >= 0.3 is 0 Å². The number of benzene rings is 1. The van der Waals surface area contributed by atoms with Gasteiger partial charge in [0.05, 0.1) is 41.3 Å². The first-order valence-corrected chi connectivity index (χ1v) is 10.3. The van der Waals surface area contributed by atoms with Crippen LogP contribution in [-0.2, 0) is 6.54 Å². The minimum atomic E-state index is -0.685. The zero-order valence-electron chi connectivity index (χ0n) is 17.4. The molecule has 4 aromatic rings. The van der Waals surface area contributed by atoms with Gasteiger partial charge in [0.2, 0.25) is 0 Å². The second kappa shape index (κ2) is 7.30. The first-order chi connectivity index (χ1) is 15.0. The molecule has 1 atom stereocenters. The summed E-state index contributed by atoms with van der Waals surface area (Å²) < 4.78 is 32.1. The lowest BCUT2D eigenvalue weighted by atomic mass is 9.97. The van der Waals surface area contributed by atoms with E-state index in [1.807, 2.05) is 15.8 Å². The second-order valence-corrected chi connectivity index (χ2v) is 7.83. The van der Waals surface area contributed by atoms with Gasteiger partial charge in [0.25, 0.3) is 0 Å². The van der Waals surface area contributed by atoms with Crippen LogP contribution in [0, 0.1) is 11.6 Å². The first kappa shape index (κ1) is 19.4. The number of halogens is 2. The number of hydrogen-bond acceptors (Lipinski definition) is 4. The number of anilines is 1. The molecule has 31 heavy (non-hydrogen) atoms. The Morgan fingerprint density at radius 3 is 2.97 bits per heavy atom. The highest BCUT2D eigenvalue weighted by Gasteiger charge is 2.31. The van der Waals surface area contributed by atoms with Gasteiger partial charge in [-0.3, -0.25) is 10.1 Å². The molecule has 0 spiro atoms. The summed E-state index contributed by atoms with van der Waals surface area (Å²) in [5.74, 6) is -0.279. The predicted molar refractivity (Wildman–Crippen MR) is 119 cm³/mol. The molecule has 160 valence electrons. The fourth-order valence-electron chi connectivity index (χ4n) is 4.22. The molecule has 3 aromatic heterocycles. The monoisotopic (exact) mass is 422 g/mol. The molecule has 0 saturated heterocycles. The molecule has 1 aromatic carbocycles. The van der Waals surface area contributed by atoms with Crippen molar-refractivity contribution in [3.63, 3.8) is 0 Å². The van der Waals surface area contributed by atoms with E-state index >= 15 is 4.39 Å². The summed E-state index contributed by atoms with van der Waals surface area (Å²) in [7, 11) is 0. The lowest BCUT2D eigenvalue weighted by molar-refractivity contribution is 0.584. The Labute approximate surface area is 179 Å². The Morgan fingerprint density at radius 2 is 2.16 bits per heavy atom. The minimum Gasteiger partial charge on any atom is -0.324 e. The van der Waals surface area contributed by atoms with Crippen LogP contribution in [0.5, 0.6) is 0 Å². The van der Waals surface area contributed by atoms with Crippen LogP contribution in [0.25, 0.3) is 27.9 Å². The molecule has 1 aliphatic rings. The fourth-order valence-corrected chi connectivity index (χ4v) is 4.22.